The highest BCUT2D eigenvalue weighted by atomic mass is 19.4. The normalized spacial score (nSPS) is 11.2. The number of aryl methyl sites for hydroxylation is 2. The number of benzene rings is 2. The van der Waals surface area contributed by atoms with Gasteiger partial charge in [0.2, 0.25) is 5.91 Å². The summed E-state index contributed by atoms with van der Waals surface area (Å²) < 4.78 is 41.9. The third-order valence-corrected chi connectivity index (χ3v) is 3.89. The number of alkyl halides is 3. The maximum atomic E-state index is 12.2. The van der Waals surface area contributed by atoms with Crippen LogP contribution in [0.15, 0.2) is 42.5 Å². The summed E-state index contributed by atoms with van der Waals surface area (Å²) in [6.07, 6.45) is -4.76. The summed E-state index contributed by atoms with van der Waals surface area (Å²) in [5.74, 6) is -0.102. The van der Waals surface area contributed by atoms with E-state index in [4.69, 9.17) is 0 Å². The molecule has 1 amide bonds. The number of ether oxygens (including phenoxy) is 1. The standard InChI is InChI=1S/C18H17F3N6O2/c1-11-3-4-14(9-16(11)27-12(2)24-25-26-27)22-10-17(28)23-13-5-7-15(8-6-13)29-18(19,20)21/h3-9,22H,10H2,1-2H3,(H,23,28). The van der Waals surface area contributed by atoms with Gasteiger partial charge in [-0.15, -0.1) is 18.3 Å². The Morgan fingerprint density at radius 1 is 1.10 bits per heavy atom. The number of amides is 1. The van der Waals surface area contributed by atoms with E-state index in [9.17, 15) is 18.0 Å². The lowest BCUT2D eigenvalue weighted by Crippen LogP contribution is -2.22. The predicted octanol–water partition coefficient (Wildman–Crippen LogP) is 3.23. The first kappa shape index (κ1) is 20.1. The van der Waals surface area contributed by atoms with E-state index < -0.39 is 6.36 Å². The van der Waals surface area contributed by atoms with E-state index in [-0.39, 0.29) is 18.2 Å². The van der Waals surface area contributed by atoms with Crippen LogP contribution in [-0.4, -0.2) is 39.0 Å². The molecule has 0 fully saturated rings. The van der Waals surface area contributed by atoms with Crippen molar-refractivity contribution in [2.75, 3.05) is 17.2 Å². The first-order valence-electron chi connectivity index (χ1n) is 8.47. The SMILES string of the molecule is Cc1ccc(NCC(=O)Nc2ccc(OC(F)(F)F)cc2)cc1-n1nnnc1C. The van der Waals surface area contributed by atoms with Gasteiger partial charge in [-0.2, -0.15) is 4.68 Å². The number of nitrogens with zero attached hydrogens (tertiary/aromatic N) is 4. The summed E-state index contributed by atoms with van der Waals surface area (Å²) in [7, 11) is 0. The number of anilines is 2. The fourth-order valence-electron chi connectivity index (χ4n) is 2.53. The number of carbonyl (C=O) groups is 1. The van der Waals surface area contributed by atoms with Gasteiger partial charge in [-0.05, 0) is 66.2 Å². The lowest BCUT2D eigenvalue weighted by molar-refractivity contribution is -0.274. The van der Waals surface area contributed by atoms with Crippen LogP contribution in [0.2, 0.25) is 0 Å². The van der Waals surface area contributed by atoms with Crippen LogP contribution in [-0.2, 0) is 4.79 Å². The average molecular weight is 406 g/mol. The van der Waals surface area contributed by atoms with Crippen molar-refractivity contribution in [2.24, 2.45) is 0 Å². The number of aromatic nitrogens is 4. The number of rotatable bonds is 6. The Hall–Kier alpha value is -3.63. The highest BCUT2D eigenvalue weighted by Crippen LogP contribution is 2.24. The Kier molecular flexibility index (Phi) is 5.66. The number of hydrogen-bond acceptors (Lipinski definition) is 6. The van der Waals surface area contributed by atoms with Gasteiger partial charge in [0, 0.05) is 11.4 Å². The van der Waals surface area contributed by atoms with Crippen molar-refractivity contribution >= 4 is 17.3 Å². The van der Waals surface area contributed by atoms with Crippen LogP contribution in [0.5, 0.6) is 5.75 Å². The van der Waals surface area contributed by atoms with Gasteiger partial charge in [-0.3, -0.25) is 4.79 Å². The third kappa shape index (κ3) is 5.43. The Morgan fingerprint density at radius 2 is 1.79 bits per heavy atom. The number of hydrogen-bond donors (Lipinski definition) is 2. The molecule has 0 aliphatic rings. The van der Waals surface area contributed by atoms with Gasteiger partial charge in [0.05, 0.1) is 12.2 Å². The Balaban J connectivity index is 1.59. The quantitative estimate of drug-likeness (QED) is 0.653. The molecule has 11 heteroatoms. The molecular formula is C18H17F3N6O2. The largest absolute Gasteiger partial charge is 0.573 e. The molecule has 0 spiro atoms. The smallest absolute Gasteiger partial charge is 0.406 e. The monoisotopic (exact) mass is 406 g/mol. The molecule has 3 aromatic rings. The van der Waals surface area contributed by atoms with E-state index in [2.05, 4.69) is 30.9 Å². The van der Waals surface area contributed by atoms with Crippen LogP contribution in [0.3, 0.4) is 0 Å². The van der Waals surface area contributed by atoms with Crippen molar-refractivity contribution in [1.29, 1.82) is 0 Å². The van der Waals surface area contributed by atoms with Crippen LogP contribution in [0.1, 0.15) is 11.4 Å². The molecule has 29 heavy (non-hydrogen) atoms. The molecule has 2 aromatic carbocycles. The fraction of sp³-hybridized carbons (Fsp3) is 0.222. The van der Waals surface area contributed by atoms with E-state index >= 15 is 0 Å². The Labute approximate surface area is 163 Å². The molecule has 3 rings (SSSR count). The second-order valence-corrected chi connectivity index (χ2v) is 6.11. The summed E-state index contributed by atoms with van der Waals surface area (Å²) >= 11 is 0. The lowest BCUT2D eigenvalue weighted by atomic mass is 10.2. The number of nitrogens with one attached hydrogen (secondary N) is 2. The number of carbonyl (C=O) groups excluding carboxylic acids is 1. The van der Waals surface area contributed by atoms with E-state index in [0.29, 0.717) is 17.2 Å². The fourth-order valence-corrected chi connectivity index (χ4v) is 2.53. The molecule has 0 unspecified atom stereocenters. The molecule has 8 nitrogen and oxygen atoms in total. The van der Waals surface area contributed by atoms with Crippen molar-refractivity contribution < 1.29 is 22.7 Å². The molecule has 0 atom stereocenters. The van der Waals surface area contributed by atoms with E-state index in [1.54, 1.807) is 11.6 Å². The molecule has 1 heterocycles. The van der Waals surface area contributed by atoms with E-state index in [1.165, 1.54) is 12.1 Å². The molecule has 0 saturated heterocycles. The van der Waals surface area contributed by atoms with E-state index in [1.807, 2.05) is 25.1 Å². The minimum absolute atomic E-state index is 0.0438. The van der Waals surface area contributed by atoms with Crippen molar-refractivity contribution in [2.45, 2.75) is 20.2 Å². The van der Waals surface area contributed by atoms with Crippen LogP contribution in [0.25, 0.3) is 5.69 Å². The zero-order valence-corrected chi connectivity index (χ0v) is 15.5. The van der Waals surface area contributed by atoms with Gasteiger partial charge < -0.3 is 15.4 Å². The molecule has 0 radical (unpaired) electrons. The summed E-state index contributed by atoms with van der Waals surface area (Å²) in [4.78, 5) is 12.1. The van der Waals surface area contributed by atoms with Crippen LogP contribution >= 0.6 is 0 Å². The average Bonchev–Trinajstić information content (AvgIpc) is 3.07. The molecular weight excluding hydrogens is 389 g/mol. The molecule has 0 bridgehead atoms. The molecule has 0 aliphatic carbocycles. The number of halogens is 3. The van der Waals surface area contributed by atoms with Crippen molar-refractivity contribution in [3.05, 3.63) is 53.9 Å². The third-order valence-electron chi connectivity index (χ3n) is 3.89. The Morgan fingerprint density at radius 3 is 2.41 bits per heavy atom. The van der Waals surface area contributed by atoms with Crippen LogP contribution in [0.4, 0.5) is 24.5 Å². The van der Waals surface area contributed by atoms with Gasteiger partial charge in [-0.1, -0.05) is 6.07 Å². The Bertz CT molecular complexity index is 1000. The van der Waals surface area contributed by atoms with Gasteiger partial charge >= 0.3 is 6.36 Å². The maximum absolute atomic E-state index is 12.2. The molecule has 1 aromatic heterocycles. The maximum Gasteiger partial charge on any atom is 0.573 e. The highest BCUT2D eigenvalue weighted by molar-refractivity contribution is 5.93. The number of tetrazole rings is 1. The summed E-state index contributed by atoms with van der Waals surface area (Å²) in [5, 5.41) is 17.0. The van der Waals surface area contributed by atoms with Crippen molar-refractivity contribution in [3.8, 4) is 11.4 Å². The zero-order chi connectivity index (χ0) is 21.0. The van der Waals surface area contributed by atoms with Gasteiger partial charge in [0.1, 0.15) is 5.75 Å². The first-order chi connectivity index (χ1) is 13.7. The first-order valence-corrected chi connectivity index (χ1v) is 8.47. The molecule has 0 aliphatic heterocycles. The molecule has 0 saturated carbocycles. The van der Waals surface area contributed by atoms with Gasteiger partial charge in [0.15, 0.2) is 5.82 Å². The summed E-state index contributed by atoms with van der Waals surface area (Å²) in [5.41, 5.74) is 2.76. The lowest BCUT2D eigenvalue weighted by Gasteiger charge is -2.12. The van der Waals surface area contributed by atoms with Gasteiger partial charge in [0.25, 0.3) is 0 Å². The minimum Gasteiger partial charge on any atom is -0.406 e. The topological polar surface area (TPSA) is 94.0 Å². The van der Waals surface area contributed by atoms with Crippen LogP contribution in [0, 0.1) is 13.8 Å². The van der Waals surface area contributed by atoms with Crippen LogP contribution < -0.4 is 15.4 Å². The predicted molar refractivity (Wildman–Crippen MR) is 98.9 cm³/mol. The second-order valence-electron chi connectivity index (χ2n) is 6.11. The summed E-state index contributed by atoms with van der Waals surface area (Å²) in [6.45, 7) is 3.65. The molecule has 152 valence electrons. The van der Waals surface area contributed by atoms with Crippen molar-refractivity contribution in [1.82, 2.24) is 20.2 Å². The highest BCUT2D eigenvalue weighted by Gasteiger charge is 2.30. The van der Waals surface area contributed by atoms with Crippen molar-refractivity contribution in [3.63, 3.8) is 0 Å². The van der Waals surface area contributed by atoms with Gasteiger partial charge in [-0.25, -0.2) is 0 Å². The van der Waals surface area contributed by atoms with E-state index in [0.717, 1.165) is 23.4 Å². The second kappa shape index (κ2) is 8.17. The minimum atomic E-state index is -4.76. The zero-order valence-electron chi connectivity index (χ0n) is 15.5. The summed E-state index contributed by atoms with van der Waals surface area (Å²) in [6, 6.07) is 10.4. The molecule has 2 N–H and O–H groups in total.